The number of hydrogen-bond donors (Lipinski definition) is 3. The van der Waals surface area contributed by atoms with Crippen molar-refractivity contribution in [2.45, 2.75) is 22.9 Å². The number of azo groups is 1. The Morgan fingerprint density at radius 2 is 1.94 bits per heavy atom. The van der Waals surface area contributed by atoms with E-state index in [1.807, 2.05) is 52.3 Å². The van der Waals surface area contributed by atoms with Gasteiger partial charge >= 0.3 is 0 Å². The average Bonchev–Trinajstić information content (AvgIpc) is 3.44. The van der Waals surface area contributed by atoms with Crippen LogP contribution >= 0.6 is 23.5 Å². The number of fused-ring (bicyclic) bond motifs is 1. The summed E-state index contributed by atoms with van der Waals surface area (Å²) in [4.78, 5) is 29.4. The number of amides is 1. The first-order chi connectivity index (χ1) is 17.5. The number of benzene rings is 2. The molecule has 0 saturated carbocycles. The molecular weight excluding hydrogens is 502 g/mol. The van der Waals surface area contributed by atoms with Crippen molar-refractivity contribution in [3.8, 4) is 5.75 Å². The first-order valence-corrected chi connectivity index (χ1v) is 13.4. The Kier molecular flexibility index (Phi) is 9.08. The Balaban J connectivity index is 1.49. The Bertz CT molecular complexity index is 1090. The maximum atomic E-state index is 12.8. The average molecular weight is 532 g/mol. The summed E-state index contributed by atoms with van der Waals surface area (Å²) in [6, 6.07) is 12.6. The molecule has 3 N–H and O–H groups in total. The van der Waals surface area contributed by atoms with E-state index >= 15 is 0 Å². The van der Waals surface area contributed by atoms with Crippen molar-refractivity contribution in [2.75, 3.05) is 55.5 Å². The smallest absolute Gasteiger partial charge is 0.240 e. The summed E-state index contributed by atoms with van der Waals surface area (Å²) in [6.07, 6.45) is 0.644. The topological polar surface area (TPSA) is 127 Å². The van der Waals surface area contributed by atoms with Crippen molar-refractivity contribution in [3.63, 3.8) is 0 Å². The lowest BCUT2D eigenvalue weighted by Crippen LogP contribution is -2.44. The van der Waals surface area contributed by atoms with Crippen LogP contribution in [0.15, 0.2) is 57.6 Å². The molecule has 192 valence electrons. The van der Waals surface area contributed by atoms with E-state index < -0.39 is 11.5 Å². The minimum atomic E-state index is -0.466. The molecule has 2 heterocycles. The van der Waals surface area contributed by atoms with Gasteiger partial charge in [-0.2, -0.15) is 10.2 Å². The van der Waals surface area contributed by atoms with Gasteiger partial charge in [-0.05, 0) is 48.9 Å². The third-order valence-electron chi connectivity index (χ3n) is 5.79. The van der Waals surface area contributed by atoms with E-state index in [4.69, 9.17) is 4.74 Å². The second-order valence-corrected chi connectivity index (χ2v) is 10.3. The van der Waals surface area contributed by atoms with Crippen molar-refractivity contribution in [2.24, 2.45) is 10.2 Å². The number of ether oxygens (including phenoxy) is 1. The standard InChI is InChI=1S/C24H29N5O5S2/c1-34-18-6-7-20-21(14-18)36-24(29(20)15-22(32)25-19-8-13-35-23(19)33)27-26-16-2-4-17(5-3-16)28(9-11-30)10-12-31/h2-7,14,19,24,30-31H,8-13,15H2,1H3,(H,25,32). The number of anilines is 2. The SMILES string of the molecule is COc1ccc2c(c1)SC(N=Nc1ccc(N(CCO)CCO)cc1)N2CC(=O)NC1CCSC1=O. The molecule has 2 aromatic rings. The first-order valence-electron chi connectivity index (χ1n) is 11.6. The van der Waals surface area contributed by atoms with Crippen molar-refractivity contribution in [1.82, 2.24) is 5.32 Å². The Labute approximate surface area is 218 Å². The van der Waals surface area contributed by atoms with Crippen LogP contribution in [0.25, 0.3) is 0 Å². The van der Waals surface area contributed by atoms with Gasteiger partial charge in [0.05, 0.1) is 44.3 Å². The van der Waals surface area contributed by atoms with Crippen LogP contribution < -0.4 is 19.9 Å². The van der Waals surface area contributed by atoms with Crippen LogP contribution in [0.4, 0.5) is 17.1 Å². The van der Waals surface area contributed by atoms with Crippen molar-refractivity contribution in [3.05, 3.63) is 42.5 Å². The molecule has 36 heavy (non-hydrogen) atoms. The van der Waals surface area contributed by atoms with E-state index in [9.17, 15) is 19.8 Å². The third kappa shape index (κ3) is 6.30. The fourth-order valence-corrected chi connectivity index (χ4v) is 6.04. The van der Waals surface area contributed by atoms with E-state index in [1.54, 1.807) is 7.11 Å². The number of methoxy groups -OCH3 is 1. The Hall–Kier alpha value is -2.80. The number of nitrogens with one attached hydrogen (secondary N) is 1. The summed E-state index contributed by atoms with van der Waals surface area (Å²) in [5, 5.41) is 30.3. The van der Waals surface area contributed by atoms with Crippen molar-refractivity contribution >= 4 is 51.6 Å². The number of aliphatic hydroxyl groups excluding tert-OH is 2. The van der Waals surface area contributed by atoms with Crippen LogP contribution in [0.5, 0.6) is 5.75 Å². The van der Waals surface area contributed by atoms with Gasteiger partial charge in [0.25, 0.3) is 0 Å². The fraction of sp³-hybridized carbons (Fsp3) is 0.417. The van der Waals surface area contributed by atoms with Gasteiger partial charge in [-0.1, -0.05) is 23.5 Å². The summed E-state index contributed by atoms with van der Waals surface area (Å²) in [5.74, 6) is 1.19. The molecule has 2 unspecified atom stereocenters. The summed E-state index contributed by atoms with van der Waals surface area (Å²) >= 11 is 2.72. The lowest BCUT2D eigenvalue weighted by Gasteiger charge is -2.23. The first kappa shape index (κ1) is 26.3. The molecule has 1 saturated heterocycles. The lowest BCUT2D eigenvalue weighted by molar-refractivity contribution is -0.123. The van der Waals surface area contributed by atoms with Crippen molar-refractivity contribution < 1.29 is 24.5 Å². The van der Waals surface area contributed by atoms with Gasteiger partial charge in [0.15, 0.2) is 5.50 Å². The number of rotatable bonds is 11. The fourth-order valence-electron chi connectivity index (χ4n) is 3.98. The zero-order valence-electron chi connectivity index (χ0n) is 19.9. The van der Waals surface area contributed by atoms with Gasteiger partial charge in [-0.15, -0.1) is 0 Å². The predicted molar refractivity (Wildman–Crippen MR) is 141 cm³/mol. The molecule has 2 aliphatic heterocycles. The maximum Gasteiger partial charge on any atom is 0.240 e. The number of aliphatic hydroxyl groups is 2. The van der Waals surface area contributed by atoms with E-state index in [-0.39, 0.29) is 30.8 Å². The van der Waals surface area contributed by atoms with Crippen LogP contribution in [0.2, 0.25) is 0 Å². The number of nitrogens with zero attached hydrogens (tertiary/aromatic N) is 4. The highest BCUT2D eigenvalue weighted by Crippen LogP contribution is 2.45. The number of carbonyl (C=O) groups excluding carboxylic acids is 2. The molecule has 2 aromatic carbocycles. The second-order valence-electron chi connectivity index (χ2n) is 8.15. The lowest BCUT2D eigenvalue weighted by atomic mass is 10.2. The zero-order chi connectivity index (χ0) is 25.5. The summed E-state index contributed by atoms with van der Waals surface area (Å²) in [6.45, 7) is 0.862. The normalized spacial score (nSPS) is 19.1. The number of thioether (sulfide) groups is 2. The molecule has 2 aliphatic rings. The molecule has 0 aliphatic carbocycles. The molecule has 0 radical (unpaired) electrons. The molecule has 0 spiro atoms. The maximum absolute atomic E-state index is 12.8. The van der Waals surface area contributed by atoms with E-state index in [1.165, 1.54) is 23.5 Å². The van der Waals surface area contributed by atoms with E-state index in [0.717, 1.165) is 22.0 Å². The molecule has 0 bridgehead atoms. The van der Waals surface area contributed by atoms with Gasteiger partial charge in [0, 0.05) is 29.4 Å². The molecule has 2 atom stereocenters. The van der Waals surface area contributed by atoms with Crippen LogP contribution in [-0.2, 0) is 9.59 Å². The quantitative estimate of drug-likeness (QED) is 0.375. The highest BCUT2D eigenvalue weighted by atomic mass is 32.2. The van der Waals surface area contributed by atoms with Gasteiger partial charge in [0.2, 0.25) is 11.0 Å². The third-order valence-corrected chi connectivity index (χ3v) is 7.94. The second kappa shape index (κ2) is 12.4. The van der Waals surface area contributed by atoms with Crippen LogP contribution in [0.1, 0.15) is 6.42 Å². The molecule has 1 amide bonds. The van der Waals surface area contributed by atoms with Gasteiger partial charge in [0.1, 0.15) is 5.75 Å². The van der Waals surface area contributed by atoms with Crippen LogP contribution in [-0.4, -0.2) is 78.5 Å². The molecule has 0 aromatic heterocycles. The number of hydrogen-bond acceptors (Lipinski definition) is 11. The van der Waals surface area contributed by atoms with Gasteiger partial charge in [-0.25, -0.2) is 0 Å². The van der Waals surface area contributed by atoms with Crippen LogP contribution in [0, 0.1) is 0 Å². The zero-order valence-corrected chi connectivity index (χ0v) is 21.5. The van der Waals surface area contributed by atoms with Gasteiger partial charge < -0.3 is 30.1 Å². The number of carbonyl (C=O) groups is 2. The monoisotopic (exact) mass is 531 g/mol. The Morgan fingerprint density at radius 3 is 2.58 bits per heavy atom. The minimum Gasteiger partial charge on any atom is -0.497 e. The molecular formula is C24H29N5O5S2. The summed E-state index contributed by atoms with van der Waals surface area (Å²) in [7, 11) is 1.60. The van der Waals surface area contributed by atoms with E-state index in [0.29, 0.717) is 30.9 Å². The largest absolute Gasteiger partial charge is 0.497 e. The predicted octanol–water partition coefficient (Wildman–Crippen LogP) is 2.61. The summed E-state index contributed by atoms with van der Waals surface area (Å²) in [5.41, 5.74) is 1.89. The highest BCUT2D eigenvalue weighted by molar-refractivity contribution is 8.14. The van der Waals surface area contributed by atoms with E-state index in [2.05, 4.69) is 15.5 Å². The van der Waals surface area contributed by atoms with Crippen LogP contribution in [0.3, 0.4) is 0 Å². The van der Waals surface area contributed by atoms with Crippen molar-refractivity contribution in [1.29, 1.82) is 0 Å². The molecule has 12 heteroatoms. The minimum absolute atomic E-state index is 0.000473. The molecule has 10 nitrogen and oxygen atoms in total. The molecule has 1 fully saturated rings. The highest BCUT2D eigenvalue weighted by Gasteiger charge is 2.34. The molecule has 4 rings (SSSR count). The Morgan fingerprint density at radius 1 is 1.19 bits per heavy atom. The van der Waals surface area contributed by atoms with Gasteiger partial charge in [-0.3, -0.25) is 9.59 Å². The summed E-state index contributed by atoms with van der Waals surface area (Å²) < 4.78 is 5.35.